The Morgan fingerprint density at radius 1 is 1.03 bits per heavy atom. The van der Waals surface area contributed by atoms with Crippen molar-refractivity contribution in [3.63, 3.8) is 0 Å². The fourth-order valence-corrected chi connectivity index (χ4v) is 4.33. The summed E-state index contributed by atoms with van der Waals surface area (Å²) < 4.78 is 10.3. The minimum Gasteiger partial charge on any atom is -0.493 e. The van der Waals surface area contributed by atoms with Crippen LogP contribution in [0.25, 0.3) is 0 Å². The zero-order chi connectivity index (χ0) is 20.8. The molecule has 0 fully saturated rings. The Hall–Kier alpha value is -2.88. The number of hydrogen-bond acceptors (Lipinski definition) is 7. The molecule has 152 valence electrons. The van der Waals surface area contributed by atoms with Crippen molar-refractivity contribution < 1.29 is 24.2 Å². The summed E-state index contributed by atoms with van der Waals surface area (Å²) in [5.74, 6) is -0.574. The molecule has 0 saturated heterocycles. The number of rotatable bonds is 7. The van der Waals surface area contributed by atoms with Crippen LogP contribution in [-0.4, -0.2) is 31.1 Å². The molecule has 1 aromatic carbocycles. The summed E-state index contributed by atoms with van der Waals surface area (Å²) in [7, 11) is 3.00. The summed E-state index contributed by atoms with van der Waals surface area (Å²) >= 11 is 2.87. The van der Waals surface area contributed by atoms with Crippen molar-refractivity contribution in [2.75, 3.05) is 19.5 Å². The average molecular weight is 433 g/mol. The van der Waals surface area contributed by atoms with Crippen molar-refractivity contribution in [1.82, 2.24) is 5.32 Å². The quantitative estimate of drug-likeness (QED) is 0.499. The van der Waals surface area contributed by atoms with Crippen molar-refractivity contribution in [3.8, 4) is 11.5 Å². The Labute approximate surface area is 175 Å². The molecule has 2 aromatic heterocycles. The van der Waals surface area contributed by atoms with Gasteiger partial charge in [0, 0.05) is 26.4 Å². The first-order valence-corrected chi connectivity index (χ1v) is 10.3. The van der Waals surface area contributed by atoms with Crippen LogP contribution >= 0.6 is 22.7 Å². The molecule has 3 rings (SSSR count). The van der Waals surface area contributed by atoms with Crippen LogP contribution in [0.3, 0.4) is 0 Å². The SMILES string of the molecule is COc1ccc(NC(=O)C(=O)NCc2ccc(C(O)c3cccs3)s2)cc1OC. The van der Waals surface area contributed by atoms with E-state index in [-0.39, 0.29) is 6.54 Å². The molecular formula is C20H20N2O5S2. The molecule has 2 amide bonds. The van der Waals surface area contributed by atoms with E-state index in [1.54, 1.807) is 18.2 Å². The second-order valence-corrected chi connectivity index (χ2v) is 8.11. The molecule has 29 heavy (non-hydrogen) atoms. The maximum Gasteiger partial charge on any atom is 0.313 e. The van der Waals surface area contributed by atoms with Gasteiger partial charge in [-0.05, 0) is 35.7 Å². The average Bonchev–Trinajstić information content (AvgIpc) is 3.43. The molecule has 0 aliphatic heterocycles. The highest BCUT2D eigenvalue weighted by atomic mass is 32.1. The third kappa shape index (κ3) is 5.14. The minimum absolute atomic E-state index is 0.194. The molecule has 3 aromatic rings. The Morgan fingerprint density at radius 2 is 1.83 bits per heavy atom. The third-order valence-corrected chi connectivity index (χ3v) is 6.10. The van der Waals surface area contributed by atoms with Crippen molar-refractivity contribution in [1.29, 1.82) is 0 Å². The number of ether oxygens (including phenoxy) is 2. The Balaban J connectivity index is 1.55. The number of hydrogen-bond donors (Lipinski definition) is 3. The highest BCUT2D eigenvalue weighted by Crippen LogP contribution is 2.31. The second-order valence-electron chi connectivity index (χ2n) is 5.93. The molecule has 2 heterocycles. The van der Waals surface area contributed by atoms with E-state index in [1.165, 1.54) is 36.9 Å². The number of carbonyl (C=O) groups excluding carboxylic acids is 2. The van der Waals surface area contributed by atoms with Gasteiger partial charge in [-0.15, -0.1) is 22.7 Å². The van der Waals surface area contributed by atoms with E-state index in [9.17, 15) is 14.7 Å². The Bertz CT molecular complexity index is 985. The number of thiophene rings is 2. The maximum absolute atomic E-state index is 12.1. The first-order chi connectivity index (χ1) is 14.0. The third-order valence-electron chi connectivity index (χ3n) is 4.04. The molecule has 0 aliphatic rings. The second kappa shape index (κ2) is 9.55. The van der Waals surface area contributed by atoms with Gasteiger partial charge in [-0.25, -0.2) is 0 Å². The normalized spacial score (nSPS) is 11.6. The lowest BCUT2D eigenvalue weighted by molar-refractivity contribution is -0.136. The van der Waals surface area contributed by atoms with Crippen LogP contribution in [-0.2, 0) is 16.1 Å². The first kappa shape index (κ1) is 20.8. The number of nitrogens with one attached hydrogen (secondary N) is 2. The highest BCUT2D eigenvalue weighted by molar-refractivity contribution is 7.12. The lowest BCUT2D eigenvalue weighted by Crippen LogP contribution is -2.34. The smallest absolute Gasteiger partial charge is 0.313 e. The van der Waals surface area contributed by atoms with Crippen molar-refractivity contribution >= 4 is 40.2 Å². The zero-order valence-electron chi connectivity index (χ0n) is 15.8. The van der Waals surface area contributed by atoms with E-state index in [1.807, 2.05) is 29.6 Å². The standard InChI is InChI=1S/C20H20N2O5S2/c1-26-14-7-5-12(10-15(14)27-2)22-20(25)19(24)21-11-13-6-8-17(29-13)18(23)16-4-3-9-28-16/h3-10,18,23H,11H2,1-2H3,(H,21,24)(H,22,25). The van der Waals surface area contributed by atoms with E-state index in [4.69, 9.17) is 9.47 Å². The first-order valence-electron chi connectivity index (χ1n) is 8.63. The van der Waals surface area contributed by atoms with Gasteiger partial charge in [0.1, 0.15) is 6.10 Å². The van der Waals surface area contributed by atoms with Gasteiger partial charge in [0.25, 0.3) is 0 Å². The predicted octanol–water partition coefficient (Wildman–Crippen LogP) is 3.16. The summed E-state index contributed by atoms with van der Waals surface area (Å²) in [6.07, 6.45) is -0.683. The largest absolute Gasteiger partial charge is 0.493 e. The summed E-state index contributed by atoms with van der Waals surface area (Å²) in [6, 6.07) is 12.2. The number of carbonyl (C=O) groups is 2. The monoisotopic (exact) mass is 432 g/mol. The summed E-state index contributed by atoms with van der Waals surface area (Å²) in [6.45, 7) is 0.194. The lowest BCUT2D eigenvalue weighted by Gasteiger charge is -2.10. The van der Waals surface area contributed by atoms with Crippen LogP contribution in [0.15, 0.2) is 47.8 Å². The molecule has 0 saturated carbocycles. The van der Waals surface area contributed by atoms with Gasteiger partial charge >= 0.3 is 11.8 Å². The maximum atomic E-state index is 12.1. The molecule has 1 unspecified atom stereocenters. The number of methoxy groups -OCH3 is 2. The van der Waals surface area contributed by atoms with Crippen LogP contribution in [0, 0.1) is 0 Å². The molecule has 0 aliphatic carbocycles. The fraction of sp³-hybridized carbons (Fsp3) is 0.200. The van der Waals surface area contributed by atoms with Gasteiger partial charge in [0.05, 0.1) is 20.8 Å². The molecule has 0 radical (unpaired) electrons. The van der Waals surface area contributed by atoms with Crippen molar-refractivity contribution in [3.05, 3.63) is 62.5 Å². The Morgan fingerprint density at radius 3 is 2.52 bits per heavy atom. The van der Waals surface area contributed by atoms with Crippen molar-refractivity contribution in [2.24, 2.45) is 0 Å². The van der Waals surface area contributed by atoms with E-state index in [0.29, 0.717) is 17.2 Å². The summed E-state index contributed by atoms with van der Waals surface area (Å²) in [5, 5.41) is 17.4. The molecule has 7 nitrogen and oxygen atoms in total. The van der Waals surface area contributed by atoms with Gasteiger partial charge in [0.15, 0.2) is 11.5 Å². The summed E-state index contributed by atoms with van der Waals surface area (Å²) in [4.78, 5) is 26.7. The van der Waals surface area contributed by atoms with E-state index in [2.05, 4.69) is 10.6 Å². The van der Waals surface area contributed by atoms with Gasteiger partial charge in [0.2, 0.25) is 0 Å². The van der Waals surface area contributed by atoms with Crippen LogP contribution in [0.4, 0.5) is 5.69 Å². The number of amides is 2. The molecule has 0 bridgehead atoms. The number of benzene rings is 1. The van der Waals surface area contributed by atoms with E-state index >= 15 is 0 Å². The van der Waals surface area contributed by atoms with Crippen molar-refractivity contribution in [2.45, 2.75) is 12.6 Å². The topological polar surface area (TPSA) is 96.9 Å². The summed E-state index contributed by atoms with van der Waals surface area (Å²) in [5.41, 5.74) is 0.417. The highest BCUT2D eigenvalue weighted by Gasteiger charge is 2.17. The lowest BCUT2D eigenvalue weighted by atomic mass is 10.2. The molecule has 9 heteroatoms. The molecule has 1 atom stereocenters. The molecular weight excluding hydrogens is 412 g/mol. The van der Waals surface area contributed by atoms with E-state index < -0.39 is 17.9 Å². The zero-order valence-corrected chi connectivity index (χ0v) is 17.4. The number of anilines is 1. The fourth-order valence-electron chi connectivity index (χ4n) is 2.57. The van der Waals surface area contributed by atoms with Gasteiger partial charge < -0.3 is 25.2 Å². The van der Waals surface area contributed by atoms with E-state index in [0.717, 1.165) is 14.6 Å². The number of aliphatic hydroxyl groups excluding tert-OH is 1. The minimum atomic E-state index is -0.785. The van der Waals surface area contributed by atoms with Gasteiger partial charge in [-0.3, -0.25) is 9.59 Å². The predicted molar refractivity (Wildman–Crippen MR) is 113 cm³/mol. The van der Waals surface area contributed by atoms with Crippen LogP contribution in [0.5, 0.6) is 11.5 Å². The van der Waals surface area contributed by atoms with Gasteiger partial charge in [-0.2, -0.15) is 0 Å². The van der Waals surface area contributed by atoms with Gasteiger partial charge in [-0.1, -0.05) is 6.07 Å². The van der Waals surface area contributed by atoms with Crippen LogP contribution < -0.4 is 20.1 Å². The molecule has 3 N–H and O–H groups in total. The molecule has 0 spiro atoms. The number of aliphatic hydroxyl groups is 1. The van der Waals surface area contributed by atoms with Crippen LogP contribution in [0.1, 0.15) is 20.7 Å². The Kier molecular flexibility index (Phi) is 6.86. The van der Waals surface area contributed by atoms with Crippen LogP contribution in [0.2, 0.25) is 0 Å².